The summed E-state index contributed by atoms with van der Waals surface area (Å²) in [5.41, 5.74) is 8.45. The van der Waals surface area contributed by atoms with Gasteiger partial charge in [0.15, 0.2) is 0 Å². The lowest BCUT2D eigenvalue weighted by Crippen LogP contribution is -2.10. The third-order valence-electron chi connectivity index (χ3n) is 5.19. The van der Waals surface area contributed by atoms with Gasteiger partial charge >= 0.3 is 0 Å². The highest BCUT2D eigenvalue weighted by molar-refractivity contribution is 7.80. The van der Waals surface area contributed by atoms with Crippen LogP contribution in [0.4, 0.5) is 5.69 Å². The zero-order valence-electron chi connectivity index (χ0n) is 16.7. The molecule has 0 bridgehead atoms. The average molecular weight is 405 g/mol. The molecule has 0 spiro atoms. The molecule has 0 amide bonds. The molecule has 29 heavy (non-hydrogen) atoms. The number of nitrogens with zero attached hydrogens (tertiary/aromatic N) is 3. The molecule has 1 aliphatic rings. The topological polar surface area (TPSA) is 70.9 Å². The Morgan fingerprint density at radius 2 is 2.00 bits per heavy atom. The predicted molar refractivity (Wildman–Crippen MR) is 119 cm³/mol. The van der Waals surface area contributed by atoms with Crippen molar-refractivity contribution in [1.82, 2.24) is 15.0 Å². The molecule has 4 rings (SSSR count). The van der Waals surface area contributed by atoms with Crippen molar-refractivity contribution >= 4 is 22.9 Å². The number of aliphatic hydroxyl groups excluding tert-OH is 1. The number of pyridine rings is 1. The molecule has 6 heteroatoms. The van der Waals surface area contributed by atoms with Crippen molar-refractivity contribution in [2.24, 2.45) is 0 Å². The van der Waals surface area contributed by atoms with Gasteiger partial charge in [0.25, 0.3) is 0 Å². The molecule has 0 radical (unpaired) electrons. The van der Waals surface area contributed by atoms with Crippen LogP contribution in [-0.4, -0.2) is 31.7 Å². The van der Waals surface area contributed by atoms with Gasteiger partial charge in [-0.2, -0.15) is 0 Å². The Morgan fingerprint density at radius 3 is 2.83 bits per heavy atom. The summed E-state index contributed by atoms with van der Waals surface area (Å²) in [6, 6.07) is 8.46. The van der Waals surface area contributed by atoms with Crippen LogP contribution in [0.1, 0.15) is 40.2 Å². The van der Waals surface area contributed by atoms with Gasteiger partial charge in [0.1, 0.15) is 5.82 Å². The Morgan fingerprint density at radius 1 is 1.14 bits per heavy atom. The fraction of sp³-hybridized carbons (Fsp3) is 0.304. The van der Waals surface area contributed by atoms with Crippen LogP contribution in [0.2, 0.25) is 0 Å². The predicted octanol–water partition coefficient (Wildman–Crippen LogP) is 3.97. The lowest BCUT2D eigenvalue weighted by Gasteiger charge is -2.11. The standard InChI is InChI=1S/C23H24N4OS/c1-14-5-6-19-20(8-14)26-22(29)11-18-13-25-21(27-23(18)19)10-17-9-16(4-3-7-28)12-24-15(17)2/h5-6,8-9,12-13,28H,3-4,7,10-11H2,1-2H3,(H,26,29). The lowest BCUT2D eigenvalue weighted by atomic mass is 10.0. The number of hydrogen-bond donors (Lipinski definition) is 2. The van der Waals surface area contributed by atoms with E-state index in [1.54, 1.807) is 0 Å². The number of aliphatic hydroxyl groups is 1. The first-order chi connectivity index (χ1) is 14.0. The van der Waals surface area contributed by atoms with Gasteiger partial charge in [0.05, 0.1) is 10.7 Å². The first kappa shape index (κ1) is 19.6. The minimum atomic E-state index is 0.186. The fourth-order valence-electron chi connectivity index (χ4n) is 3.62. The molecule has 3 heterocycles. The summed E-state index contributed by atoms with van der Waals surface area (Å²) in [5.74, 6) is 0.771. The molecule has 0 saturated carbocycles. The van der Waals surface area contributed by atoms with E-state index in [4.69, 9.17) is 22.3 Å². The van der Waals surface area contributed by atoms with E-state index in [1.807, 2.05) is 19.3 Å². The van der Waals surface area contributed by atoms with E-state index in [-0.39, 0.29) is 6.61 Å². The van der Waals surface area contributed by atoms with Crippen molar-refractivity contribution in [1.29, 1.82) is 0 Å². The van der Waals surface area contributed by atoms with E-state index in [2.05, 4.69) is 46.5 Å². The average Bonchev–Trinajstić information content (AvgIpc) is 2.83. The Labute approximate surface area is 176 Å². The quantitative estimate of drug-likeness (QED) is 0.627. The lowest BCUT2D eigenvalue weighted by molar-refractivity contribution is 0.288. The summed E-state index contributed by atoms with van der Waals surface area (Å²) in [5, 5.41) is 12.4. The third-order valence-corrected chi connectivity index (χ3v) is 5.44. The molecule has 0 fully saturated rings. The molecule has 0 saturated heterocycles. The molecule has 5 nitrogen and oxygen atoms in total. The first-order valence-electron chi connectivity index (χ1n) is 9.84. The Balaban J connectivity index is 1.71. The Hall–Kier alpha value is -2.70. The minimum Gasteiger partial charge on any atom is -0.396 e. The summed E-state index contributed by atoms with van der Waals surface area (Å²) in [4.78, 5) is 14.9. The van der Waals surface area contributed by atoms with Gasteiger partial charge in [-0.05, 0) is 49.4 Å². The largest absolute Gasteiger partial charge is 0.396 e. The van der Waals surface area contributed by atoms with Gasteiger partial charge < -0.3 is 10.4 Å². The first-order valence-corrected chi connectivity index (χ1v) is 10.2. The summed E-state index contributed by atoms with van der Waals surface area (Å²) in [6.07, 6.45) is 6.60. The zero-order valence-corrected chi connectivity index (χ0v) is 17.5. The van der Waals surface area contributed by atoms with Crippen LogP contribution in [0, 0.1) is 13.8 Å². The molecule has 0 aliphatic carbocycles. The number of aryl methyl sites for hydroxylation is 3. The van der Waals surface area contributed by atoms with E-state index in [0.29, 0.717) is 12.8 Å². The normalized spacial score (nSPS) is 12.7. The maximum atomic E-state index is 9.08. The van der Waals surface area contributed by atoms with E-state index in [1.165, 1.54) is 5.56 Å². The van der Waals surface area contributed by atoms with Gasteiger partial charge in [-0.1, -0.05) is 30.4 Å². The monoisotopic (exact) mass is 404 g/mol. The van der Waals surface area contributed by atoms with Crippen LogP contribution in [0.3, 0.4) is 0 Å². The molecule has 2 N–H and O–H groups in total. The molecular weight excluding hydrogens is 380 g/mol. The molecular formula is C23H24N4OS. The Kier molecular flexibility index (Phi) is 5.65. The van der Waals surface area contributed by atoms with Crippen molar-refractivity contribution in [3.8, 4) is 11.3 Å². The molecule has 1 aromatic carbocycles. The van der Waals surface area contributed by atoms with Crippen LogP contribution in [0.15, 0.2) is 36.7 Å². The van der Waals surface area contributed by atoms with Crippen LogP contribution in [-0.2, 0) is 19.3 Å². The number of benzene rings is 1. The van der Waals surface area contributed by atoms with Crippen LogP contribution < -0.4 is 5.32 Å². The van der Waals surface area contributed by atoms with Crippen LogP contribution in [0.25, 0.3) is 11.3 Å². The number of rotatable bonds is 5. The number of hydrogen-bond acceptors (Lipinski definition) is 5. The van der Waals surface area contributed by atoms with Gasteiger partial charge in [-0.15, -0.1) is 0 Å². The minimum absolute atomic E-state index is 0.186. The van der Waals surface area contributed by atoms with Crippen molar-refractivity contribution in [3.63, 3.8) is 0 Å². The van der Waals surface area contributed by atoms with Crippen molar-refractivity contribution in [2.75, 3.05) is 11.9 Å². The summed E-state index contributed by atoms with van der Waals surface area (Å²) < 4.78 is 0. The second kappa shape index (κ2) is 8.35. The van der Waals surface area contributed by atoms with Crippen LogP contribution in [0.5, 0.6) is 0 Å². The smallest absolute Gasteiger partial charge is 0.133 e. The number of nitrogens with one attached hydrogen (secondary N) is 1. The second-order valence-electron chi connectivity index (χ2n) is 7.53. The molecule has 148 valence electrons. The van der Waals surface area contributed by atoms with Crippen molar-refractivity contribution in [3.05, 3.63) is 70.4 Å². The third kappa shape index (κ3) is 4.33. The number of fused-ring (bicyclic) bond motifs is 3. The highest BCUT2D eigenvalue weighted by atomic mass is 32.1. The SMILES string of the molecule is Cc1ccc2c(c1)NC(=S)Cc1cnc(Cc3cc(CCCO)cnc3C)nc1-2. The van der Waals surface area contributed by atoms with Gasteiger partial charge in [0.2, 0.25) is 0 Å². The number of aromatic nitrogens is 3. The molecule has 1 aliphatic heterocycles. The maximum Gasteiger partial charge on any atom is 0.133 e. The number of thiocarbonyl (C=S) groups is 1. The maximum absolute atomic E-state index is 9.08. The van der Waals surface area contributed by atoms with Gasteiger partial charge in [-0.3, -0.25) is 4.98 Å². The summed E-state index contributed by atoms with van der Waals surface area (Å²) >= 11 is 5.50. The van der Waals surface area contributed by atoms with Crippen molar-refractivity contribution in [2.45, 2.75) is 39.5 Å². The van der Waals surface area contributed by atoms with E-state index < -0.39 is 0 Å². The van der Waals surface area contributed by atoms with E-state index in [9.17, 15) is 0 Å². The second-order valence-corrected chi connectivity index (χ2v) is 8.02. The zero-order chi connectivity index (χ0) is 20.4. The molecule has 0 unspecified atom stereocenters. The molecule has 3 aromatic rings. The fourth-order valence-corrected chi connectivity index (χ4v) is 3.89. The highest BCUT2D eigenvalue weighted by Crippen LogP contribution is 2.33. The van der Waals surface area contributed by atoms with Crippen molar-refractivity contribution < 1.29 is 5.11 Å². The van der Waals surface area contributed by atoms with E-state index >= 15 is 0 Å². The molecule has 2 aromatic heterocycles. The Bertz CT molecular complexity index is 1080. The van der Waals surface area contributed by atoms with E-state index in [0.717, 1.165) is 63.0 Å². The number of anilines is 1. The highest BCUT2D eigenvalue weighted by Gasteiger charge is 2.19. The molecule has 0 atom stereocenters. The van der Waals surface area contributed by atoms with Gasteiger partial charge in [-0.25, -0.2) is 9.97 Å². The summed E-state index contributed by atoms with van der Waals surface area (Å²) in [7, 11) is 0. The van der Waals surface area contributed by atoms with Gasteiger partial charge in [0, 0.05) is 54.4 Å². The summed E-state index contributed by atoms with van der Waals surface area (Å²) in [6.45, 7) is 4.27. The van der Waals surface area contributed by atoms with Crippen LogP contribution >= 0.6 is 12.2 Å².